The lowest BCUT2D eigenvalue weighted by atomic mass is 9.84. The summed E-state index contributed by atoms with van der Waals surface area (Å²) in [6.45, 7) is 0. The Kier molecular flexibility index (Phi) is 4.75. The summed E-state index contributed by atoms with van der Waals surface area (Å²) in [6, 6.07) is 3.30. The van der Waals surface area contributed by atoms with Crippen LogP contribution in [0, 0.1) is 16.0 Å². The Bertz CT molecular complexity index is 537. The highest BCUT2D eigenvalue weighted by Crippen LogP contribution is 2.40. The number of alkyl halides is 3. The monoisotopic (exact) mass is 366 g/mol. The summed E-state index contributed by atoms with van der Waals surface area (Å²) in [5, 5.41) is 13.5. The van der Waals surface area contributed by atoms with E-state index < -0.39 is 23.1 Å². The van der Waals surface area contributed by atoms with Gasteiger partial charge in [-0.05, 0) is 34.8 Å². The topological polar surface area (TPSA) is 55.2 Å². The summed E-state index contributed by atoms with van der Waals surface area (Å²) in [7, 11) is 0. The van der Waals surface area contributed by atoms with Crippen LogP contribution in [0.4, 0.5) is 24.5 Å². The maximum Gasteiger partial charge on any atom is 0.393 e. The quantitative estimate of drug-likeness (QED) is 0.611. The Morgan fingerprint density at radius 2 is 1.95 bits per heavy atom. The van der Waals surface area contributed by atoms with Crippen molar-refractivity contribution in [3.05, 3.63) is 32.8 Å². The van der Waals surface area contributed by atoms with Crippen LogP contribution in [0.2, 0.25) is 0 Å². The zero-order valence-corrected chi connectivity index (χ0v) is 12.6. The van der Waals surface area contributed by atoms with Gasteiger partial charge in [-0.2, -0.15) is 13.2 Å². The minimum absolute atomic E-state index is 0.108. The minimum Gasteiger partial charge on any atom is -0.381 e. The van der Waals surface area contributed by atoms with Gasteiger partial charge in [0.1, 0.15) is 0 Å². The number of nitro benzene ring substituents is 1. The average molecular weight is 367 g/mol. The van der Waals surface area contributed by atoms with Crippen LogP contribution >= 0.6 is 15.9 Å². The Morgan fingerprint density at radius 3 is 2.52 bits per heavy atom. The van der Waals surface area contributed by atoms with E-state index in [1.165, 1.54) is 18.2 Å². The first-order chi connectivity index (χ1) is 9.79. The molecule has 1 fully saturated rings. The van der Waals surface area contributed by atoms with Gasteiger partial charge < -0.3 is 5.32 Å². The van der Waals surface area contributed by atoms with E-state index in [1.807, 2.05) is 0 Å². The molecule has 1 aliphatic rings. The summed E-state index contributed by atoms with van der Waals surface area (Å²) in [5.41, 5.74) is 0.338. The van der Waals surface area contributed by atoms with Gasteiger partial charge in [0.15, 0.2) is 0 Å². The molecular formula is C13H14BrF3N2O2. The zero-order valence-electron chi connectivity index (χ0n) is 11.0. The van der Waals surface area contributed by atoms with Crippen molar-refractivity contribution in [2.75, 3.05) is 5.32 Å². The lowest BCUT2D eigenvalue weighted by molar-refractivity contribution is -0.384. The SMILES string of the molecule is O=[N+]([O-])c1ccc(NC2CCCCC2C(F)(F)F)c(Br)c1. The van der Waals surface area contributed by atoms with Gasteiger partial charge in [0.2, 0.25) is 0 Å². The molecule has 0 radical (unpaired) electrons. The maximum atomic E-state index is 13.0. The third-order valence-electron chi connectivity index (χ3n) is 3.69. The summed E-state index contributed by atoms with van der Waals surface area (Å²) < 4.78 is 39.5. The third kappa shape index (κ3) is 3.87. The second kappa shape index (κ2) is 6.21. The lowest BCUT2D eigenvalue weighted by Crippen LogP contribution is -2.41. The molecule has 1 aromatic carbocycles. The molecule has 1 N–H and O–H groups in total. The number of rotatable bonds is 3. The van der Waals surface area contributed by atoms with E-state index in [4.69, 9.17) is 0 Å². The lowest BCUT2D eigenvalue weighted by Gasteiger charge is -2.34. The van der Waals surface area contributed by atoms with Crippen LogP contribution in [0.15, 0.2) is 22.7 Å². The molecule has 0 heterocycles. The predicted octanol–water partition coefficient (Wildman–Crippen LogP) is 4.89. The Balaban J connectivity index is 2.18. The molecule has 2 atom stereocenters. The second-order valence-electron chi connectivity index (χ2n) is 5.10. The van der Waals surface area contributed by atoms with Crippen molar-refractivity contribution in [3.8, 4) is 0 Å². The molecule has 2 unspecified atom stereocenters. The van der Waals surface area contributed by atoms with E-state index in [2.05, 4.69) is 21.2 Å². The first kappa shape index (κ1) is 16.1. The summed E-state index contributed by atoms with van der Waals surface area (Å²) >= 11 is 3.16. The minimum atomic E-state index is -4.23. The molecule has 21 heavy (non-hydrogen) atoms. The number of hydrogen-bond donors (Lipinski definition) is 1. The molecule has 4 nitrogen and oxygen atoms in total. The van der Waals surface area contributed by atoms with E-state index >= 15 is 0 Å². The first-order valence-electron chi connectivity index (χ1n) is 6.56. The highest BCUT2D eigenvalue weighted by molar-refractivity contribution is 9.10. The molecule has 1 aromatic rings. The summed E-state index contributed by atoms with van der Waals surface area (Å²) in [4.78, 5) is 10.1. The molecule has 0 amide bonds. The molecule has 0 bridgehead atoms. The number of nitrogens with zero attached hydrogens (tertiary/aromatic N) is 1. The normalized spacial score (nSPS) is 22.9. The van der Waals surface area contributed by atoms with Crippen LogP contribution in [-0.2, 0) is 0 Å². The number of nitrogens with one attached hydrogen (secondary N) is 1. The van der Waals surface area contributed by atoms with Gasteiger partial charge in [0, 0.05) is 28.3 Å². The highest BCUT2D eigenvalue weighted by Gasteiger charge is 2.45. The van der Waals surface area contributed by atoms with Gasteiger partial charge in [0.05, 0.1) is 10.8 Å². The van der Waals surface area contributed by atoms with E-state index in [1.54, 1.807) is 0 Å². The Hall–Kier alpha value is -1.31. The maximum absolute atomic E-state index is 13.0. The number of nitro groups is 1. The van der Waals surface area contributed by atoms with Gasteiger partial charge in [-0.15, -0.1) is 0 Å². The van der Waals surface area contributed by atoms with Crippen LogP contribution in [0.5, 0.6) is 0 Å². The second-order valence-corrected chi connectivity index (χ2v) is 5.96. The molecule has 0 aliphatic heterocycles. The number of benzene rings is 1. The standard InChI is InChI=1S/C13H14BrF3N2O2/c14-10-7-8(19(20)21)5-6-12(10)18-11-4-2-1-3-9(11)13(15,16)17/h5-7,9,11,18H,1-4H2. The van der Waals surface area contributed by atoms with Crippen molar-refractivity contribution in [2.45, 2.75) is 37.9 Å². The summed E-state index contributed by atoms with van der Waals surface area (Å²) in [6.07, 6.45) is -2.36. The Labute approximate surface area is 128 Å². The van der Waals surface area contributed by atoms with Crippen molar-refractivity contribution >= 4 is 27.3 Å². The smallest absolute Gasteiger partial charge is 0.381 e. The highest BCUT2D eigenvalue weighted by atomic mass is 79.9. The van der Waals surface area contributed by atoms with Crippen molar-refractivity contribution < 1.29 is 18.1 Å². The van der Waals surface area contributed by atoms with Gasteiger partial charge in [-0.25, -0.2) is 0 Å². The number of anilines is 1. The van der Waals surface area contributed by atoms with Crippen molar-refractivity contribution in [1.82, 2.24) is 0 Å². The Morgan fingerprint density at radius 1 is 1.29 bits per heavy atom. The molecule has 0 spiro atoms. The zero-order chi connectivity index (χ0) is 15.6. The summed E-state index contributed by atoms with van der Waals surface area (Å²) in [5.74, 6) is -1.38. The molecule has 1 saturated carbocycles. The largest absolute Gasteiger partial charge is 0.393 e. The van der Waals surface area contributed by atoms with E-state index in [0.717, 1.165) is 6.42 Å². The fourth-order valence-electron chi connectivity index (χ4n) is 2.63. The molecule has 1 aliphatic carbocycles. The number of halogens is 4. The number of hydrogen-bond acceptors (Lipinski definition) is 3. The average Bonchev–Trinajstić information content (AvgIpc) is 2.40. The fraction of sp³-hybridized carbons (Fsp3) is 0.538. The predicted molar refractivity (Wildman–Crippen MR) is 76.2 cm³/mol. The van der Waals surface area contributed by atoms with Gasteiger partial charge in [-0.3, -0.25) is 10.1 Å². The van der Waals surface area contributed by atoms with Crippen LogP contribution in [-0.4, -0.2) is 17.1 Å². The van der Waals surface area contributed by atoms with Gasteiger partial charge in [0.25, 0.3) is 5.69 Å². The van der Waals surface area contributed by atoms with E-state index in [0.29, 0.717) is 23.0 Å². The number of non-ortho nitro benzene ring substituents is 1. The van der Waals surface area contributed by atoms with Crippen LogP contribution in [0.1, 0.15) is 25.7 Å². The third-order valence-corrected chi connectivity index (χ3v) is 4.35. The first-order valence-corrected chi connectivity index (χ1v) is 7.35. The molecule has 0 aromatic heterocycles. The van der Waals surface area contributed by atoms with Crippen molar-refractivity contribution in [1.29, 1.82) is 0 Å². The van der Waals surface area contributed by atoms with Gasteiger partial charge in [-0.1, -0.05) is 12.8 Å². The van der Waals surface area contributed by atoms with Crippen molar-refractivity contribution in [3.63, 3.8) is 0 Å². The molecule has 116 valence electrons. The fourth-order valence-corrected chi connectivity index (χ4v) is 3.11. The van der Waals surface area contributed by atoms with Crippen LogP contribution < -0.4 is 5.32 Å². The molecular weight excluding hydrogens is 353 g/mol. The van der Waals surface area contributed by atoms with Crippen molar-refractivity contribution in [2.24, 2.45) is 5.92 Å². The van der Waals surface area contributed by atoms with Crippen LogP contribution in [0.3, 0.4) is 0 Å². The van der Waals surface area contributed by atoms with Crippen LogP contribution in [0.25, 0.3) is 0 Å². The van der Waals surface area contributed by atoms with E-state index in [9.17, 15) is 23.3 Å². The molecule has 8 heteroatoms. The molecule has 0 saturated heterocycles. The van der Waals surface area contributed by atoms with Gasteiger partial charge >= 0.3 is 6.18 Å². The molecule has 2 rings (SSSR count). The van der Waals surface area contributed by atoms with E-state index in [-0.39, 0.29) is 12.1 Å².